The molecule has 0 saturated carbocycles. The van der Waals surface area contributed by atoms with Crippen LogP contribution in [0.2, 0.25) is 0 Å². The van der Waals surface area contributed by atoms with Gasteiger partial charge in [0.1, 0.15) is 18.5 Å². The molecule has 5 atom stereocenters. The number of ether oxygens (including phenoxy) is 2. The van der Waals surface area contributed by atoms with E-state index in [0.29, 0.717) is 24.7 Å². The van der Waals surface area contributed by atoms with Crippen LogP contribution in [0.5, 0.6) is 0 Å². The summed E-state index contributed by atoms with van der Waals surface area (Å²) in [6.45, 7) is 7.52. The van der Waals surface area contributed by atoms with E-state index in [1.54, 1.807) is 18.4 Å². The molecule has 142 valence electrons. The summed E-state index contributed by atoms with van der Waals surface area (Å²) in [5, 5.41) is 0. The second kappa shape index (κ2) is 7.01. The first-order valence-electron chi connectivity index (χ1n) is 9.58. The van der Waals surface area contributed by atoms with Crippen molar-refractivity contribution in [2.45, 2.75) is 26.9 Å². The van der Waals surface area contributed by atoms with Crippen molar-refractivity contribution in [2.75, 3.05) is 13.2 Å². The van der Waals surface area contributed by atoms with E-state index in [0.717, 1.165) is 5.76 Å². The highest BCUT2D eigenvalue weighted by molar-refractivity contribution is 5.89. The van der Waals surface area contributed by atoms with Crippen LogP contribution in [-0.2, 0) is 9.47 Å². The molecule has 0 amide bonds. The van der Waals surface area contributed by atoms with Crippen LogP contribution in [0.3, 0.4) is 0 Å². The van der Waals surface area contributed by atoms with Crippen LogP contribution in [-0.4, -0.2) is 19.2 Å². The van der Waals surface area contributed by atoms with Gasteiger partial charge in [-0.1, -0.05) is 43.7 Å². The molecule has 27 heavy (non-hydrogen) atoms. The first-order valence-corrected chi connectivity index (χ1v) is 9.58. The highest BCUT2D eigenvalue weighted by atomic mass is 16.5. The third-order valence-electron chi connectivity index (χ3n) is 6.55. The third-order valence-corrected chi connectivity index (χ3v) is 6.55. The zero-order valence-electron chi connectivity index (χ0n) is 16.1. The van der Waals surface area contributed by atoms with Gasteiger partial charge in [0.05, 0.1) is 18.4 Å². The Morgan fingerprint density at radius 2 is 1.96 bits per heavy atom. The quantitative estimate of drug-likeness (QED) is 0.562. The molecule has 4 heteroatoms. The van der Waals surface area contributed by atoms with E-state index in [1.807, 2.05) is 30.3 Å². The summed E-state index contributed by atoms with van der Waals surface area (Å²) >= 11 is 0. The van der Waals surface area contributed by atoms with Crippen LogP contribution in [0.15, 0.2) is 64.8 Å². The second-order valence-corrected chi connectivity index (χ2v) is 7.94. The summed E-state index contributed by atoms with van der Waals surface area (Å²) in [5.74, 6) is 1.38. The van der Waals surface area contributed by atoms with Crippen molar-refractivity contribution >= 4 is 5.97 Å². The van der Waals surface area contributed by atoms with Gasteiger partial charge < -0.3 is 13.9 Å². The fraction of sp³-hybridized carbons (Fsp3) is 0.435. The average Bonchev–Trinajstić information content (AvgIpc) is 3.20. The number of furan rings is 1. The summed E-state index contributed by atoms with van der Waals surface area (Å²) in [6, 6.07) is 13.0. The predicted molar refractivity (Wildman–Crippen MR) is 102 cm³/mol. The molecule has 2 aliphatic rings. The minimum atomic E-state index is -0.277. The first kappa shape index (κ1) is 18.1. The number of hydrogen-bond acceptors (Lipinski definition) is 4. The molecule has 0 unspecified atom stereocenters. The summed E-state index contributed by atoms with van der Waals surface area (Å²) in [6.07, 6.45) is 3.92. The molecule has 2 aromatic rings. The van der Waals surface area contributed by atoms with Crippen LogP contribution < -0.4 is 0 Å². The molecule has 1 aromatic carbocycles. The number of carbonyl (C=O) groups is 1. The van der Waals surface area contributed by atoms with Gasteiger partial charge in [-0.15, -0.1) is 0 Å². The molecular formula is C23H26O4. The van der Waals surface area contributed by atoms with Crippen molar-refractivity contribution in [1.29, 1.82) is 0 Å². The van der Waals surface area contributed by atoms with Crippen LogP contribution in [0, 0.1) is 23.2 Å². The zero-order chi connectivity index (χ0) is 19.0. The van der Waals surface area contributed by atoms with E-state index < -0.39 is 0 Å². The second-order valence-electron chi connectivity index (χ2n) is 7.94. The molecule has 0 spiro atoms. The van der Waals surface area contributed by atoms with Gasteiger partial charge in [-0.25, -0.2) is 4.79 Å². The highest BCUT2D eigenvalue weighted by Crippen LogP contribution is 2.56. The predicted octanol–water partition coefficient (Wildman–Crippen LogP) is 5.04. The van der Waals surface area contributed by atoms with Crippen LogP contribution in [0.4, 0.5) is 0 Å². The summed E-state index contributed by atoms with van der Waals surface area (Å²) < 4.78 is 17.7. The smallest absolute Gasteiger partial charge is 0.338 e. The molecule has 1 saturated heterocycles. The van der Waals surface area contributed by atoms with Gasteiger partial charge >= 0.3 is 5.97 Å². The number of carbonyl (C=O) groups excluding carboxylic acids is 1. The highest BCUT2D eigenvalue weighted by Gasteiger charge is 2.55. The Kier molecular flexibility index (Phi) is 4.68. The first-order chi connectivity index (χ1) is 13.0. The SMILES string of the molecule is CC1=C[C@@H](C)[C@@]2(COC(=O)c3ccccc3)CO[C@H](c3ccco3)[C@H]1[C@@H]2C. The van der Waals surface area contributed by atoms with Crippen molar-refractivity contribution in [1.82, 2.24) is 0 Å². The van der Waals surface area contributed by atoms with E-state index >= 15 is 0 Å². The van der Waals surface area contributed by atoms with Crippen molar-refractivity contribution in [3.8, 4) is 0 Å². The van der Waals surface area contributed by atoms with Gasteiger partial charge in [0.2, 0.25) is 0 Å². The number of fused-ring (bicyclic) bond motifs is 2. The van der Waals surface area contributed by atoms with Crippen molar-refractivity contribution in [2.24, 2.45) is 23.2 Å². The molecule has 4 nitrogen and oxygen atoms in total. The minimum absolute atomic E-state index is 0.0864. The number of allylic oxidation sites excluding steroid dienone is 1. The normalized spacial score (nSPS) is 32.6. The van der Waals surface area contributed by atoms with E-state index in [1.165, 1.54) is 5.57 Å². The molecule has 0 N–H and O–H groups in total. The number of esters is 1. The Balaban J connectivity index is 1.58. The van der Waals surface area contributed by atoms with Crippen molar-refractivity contribution in [3.05, 3.63) is 71.7 Å². The van der Waals surface area contributed by atoms with Crippen LogP contribution >= 0.6 is 0 Å². The van der Waals surface area contributed by atoms with E-state index in [2.05, 4.69) is 26.8 Å². The third kappa shape index (κ3) is 3.02. The zero-order valence-corrected chi connectivity index (χ0v) is 16.1. The summed E-state index contributed by atoms with van der Waals surface area (Å²) in [5.41, 5.74) is 1.68. The Labute approximate surface area is 160 Å². The maximum absolute atomic E-state index is 12.5. The fourth-order valence-corrected chi connectivity index (χ4v) is 4.82. The molecule has 4 rings (SSSR count). The van der Waals surface area contributed by atoms with Gasteiger partial charge in [0, 0.05) is 11.3 Å². The molecule has 1 aliphatic carbocycles. The number of hydrogen-bond donors (Lipinski definition) is 0. The summed E-state index contributed by atoms with van der Waals surface area (Å²) in [7, 11) is 0. The van der Waals surface area contributed by atoms with E-state index in [-0.39, 0.29) is 29.3 Å². The largest absolute Gasteiger partial charge is 0.467 e. The lowest BCUT2D eigenvalue weighted by molar-refractivity contribution is -0.170. The Morgan fingerprint density at radius 3 is 2.67 bits per heavy atom. The fourth-order valence-electron chi connectivity index (χ4n) is 4.82. The van der Waals surface area contributed by atoms with Gasteiger partial charge in [0.25, 0.3) is 0 Å². The van der Waals surface area contributed by atoms with Crippen molar-refractivity contribution < 1.29 is 18.7 Å². The van der Waals surface area contributed by atoms with E-state index in [4.69, 9.17) is 13.9 Å². The Morgan fingerprint density at radius 1 is 1.19 bits per heavy atom. The molecule has 0 radical (unpaired) electrons. The van der Waals surface area contributed by atoms with Gasteiger partial charge in [0.15, 0.2) is 0 Å². The lowest BCUT2D eigenvalue weighted by atomic mass is 9.56. The number of benzene rings is 1. The lowest BCUT2D eigenvalue weighted by Gasteiger charge is -2.54. The topological polar surface area (TPSA) is 48.7 Å². The molecule has 1 aliphatic heterocycles. The number of rotatable bonds is 4. The molecule has 2 bridgehead atoms. The maximum atomic E-state index is 12.5. The minimum Gasteiger partial charge on any atom is -0.467 e. The van der Waals surface area contributed by atoms with Crippen LogP contribution in [0.25, 0.3) is 0 Å². The van der Waals surface area contributed by atoms with Crippen molar-refractivity contribution in [3.63, 3.8) is 0 Å². The maximum Gasteiger partial charge on any atom is 0.338 e. The standard InChI is InChI=1S/C23H26O4/c1-15-12-16(2)23(14-27-22(24)18-8-5-4-6-9-18)13-26-21(20(15)17(23)3)19-10-7-11-25-19/h4-12,16-17,20-21H,13-14H2,1-3H3/t16-,17+,20-,21-,23+/m1/s1. The van der Waals surface area contributed by atoms with Gasteiger partial charge in [-0.05, 0) is 43.0 Å². The van der Waals surface area contributed by atoms with E-state index in [9.17, 15) is 4.79 Å². The van der Waals surface area contributed by atoms with Gasteiger partial charge in [-0.3, -0.25) is 0 Å². The van der Waals surface area contributed by atoms with Crippen LogP contribution in [0.1, 0.15) is 43.0 Å². The average molecular weight is 366 g/mol. The van der Waals surface area contributed by atoms with Gasteiger partial charge in [-0.2, -0.15) is 0 Å². The molecular weight excluding hydrogens is 340 g/mol. The lowest BCUT2D eigenvalue weighted by Crippen LogP contribution is -2.54. The monoisotopic (exact) mass is 366 g/mol. The summed E-state index contributed by atoms with van der Waals surface area (Å²) in [4.78, 5) is 12.5. The molecule has 1 aromatic heterocycles. The molecule has 2 heterocycles. The Bertz CT molecular complexity index is 823. The Hall–Kier alpha value is -2.33. The molecule has 1 fully saturated rings.